The number of para-hydroxylation sites is 1. The van der Waals surface area contributed by atoms with Crippen LogP contribution in [0.5, 0.6) is 5.75 Å². The fraction of sp³-hybridized carbons (Fsp3) is 0.200. The van der Waals surface area contributed by atoms with Crippen molar-refractivity contribution in [3.05, 3.63) is 53.7 Å². The number of thiocarbonyl (C=S) groups is 1. The van der Waals surface area contributed by atoms with Gasteiger partial charge in [0.2, 0.25) is 0 Å². The van der Waals surface area contributed by atoms with E-state index in [1.54, 1.807) is 0 Å². The third-order valence-electron chi connectivity index (χ3n) is 3.26. The van der Waals surface area contributed by atoms with E-state index in [4.69, 9.17) is 22.7 Å². The first-order chi connectivity index (χ1) is 9.74. The summed E-state index contributed by atoms with van der Waals surface area (Å²) in [5.74, 6) is 1.82. The predicted molar refractivity (Wildman–Crippen MR) is 83.1 cm³/mol. The molecule has 5 heteroatoms. The average Bonchev–Trinajstić information content (AvgIpc) is 2.69. The highest BCUT2D eigenvalue weighted by Gasteiger charge is 2.16. The SMILES string of the molecule is NC(=S)c1cccc(N2CCOc3ccccc3C2)n1. The van der Waals surface area contributed by atoms with Crippen LogP contribution in [0.25, 0.3) is 0 Å². The van der Waals surface area contributed by atoms with E-state index in [9.17, 15) is 0 Å². The van der Waals surface area contributed by atoms with Gasteiger partial charge in [0, 0.05) is 12.1 Å². The predicted octanol–water partition coefficient (Wildman–Crippen LogP) is 2.11. The van der Waals surface area contributed by atoms with Crippen LogP contribution in [0.2, 0.25) is 0 Å². The Bertz CT molecular complexity index is 645. The third kappa shape index (κ3) is 2.58. The number of hydrogen-bond donors (Lipinski definition) is 1. The molecule has 2 N–H and O–H groups in total. The molecule has 0 saturated carbocycles. The molecule has 3 rings (SSSR count). The van der Waals surface area contributed by atoms with Crippen molar-refractivity contribution in [2.75, 3.05) is 18.1 Å². The van der Waals surface area contributed by atoms with Crippen LogP contribution in [0, 0.1) is 0 Å². The molecule has 2 heterocycles. The van der Waals surface area contributed by atoms with Gasteiger partial charge in [-0.25, -0.2) is 4.98 Å². The summed E-state index contributed by atoms with van der Waals surface area (Å²) in [5.41, 5.74) is 7.45. The number of pyridine rings is 1. The number of nitrogens with two attached hydrogens (primary N) is 1. The number of benzene rings is 1. The Morgan fingerprint density at radius 3 is 2.90 bits per heavy atom. The maximum absolute atomic E-state index is 5.76. The second-order valence-electron chi connectivity index (χ2n) is 4.62. The number of aromatic nitrogens is 1. The normalized spacial score (nSPS) is 14.1. The zero-order valence-electron chi connectivity index (χ0n) is 11.0. The lowest BCUT2D eigenvalue weighted by Crippen LogP contribution is -2.27. The van der Waals surface area contributed by atoms with E-state index >= 15 is 0 Å². The number of fused-ring (bicyclic) bond motifs is 1. The van der Waals surface area contributed by atoms with Gasteiger partial charge in [-0.15, -0.1) is 0 Å². The molecule has 0 saturated heterocycles. The Kier molecular flexibility index (Phi) is 3.52. The zero-order chi connectivity index (χ0) is 13.9. The van der Waals surface area contributed by atoms with Crippen LogP contribution in [-0.4, -0.2) is 23.1 Å². The number of ether oxygens (including phenoxy) is 1. The summed E-state index contributed by atoms with van der Waals surface area (Å²) in [6.07, 6.45) is 0. The molecular formula is C15H15N3OS. The molecule has 0 bridgehead atoms. The summed E-state index contributed by atoms with van der Waals surface area (Å²) < 4.78 is 5.76. The Labute approximate surface area is 123 Å². The van der Waals surface area contributed by atoms with Crippen LogP contribution in [0.15, 0.2) is 42.5 Å². The molecule has 0 fully saturated rings. The number of rotatable bonds is 2. The lowest BCUT2D eigenvalue weighted by atomic mass is 10.2. The van der Waals surface area contributed by atoms with Crippen LogP contribution < -0.4 is 15.4 Å². The average molecular weight is 285 g/mol. The molecule has 0 unspecified atom stereocenters. The molecule has 1 aliphatic heterocycles. The van der Waals surface area contributed by atoms with Crippen molar-refractivity contribution in [1.82, 2.24) is 4.98 Å². The Morgan fingerprint density at radius 1 is 1.20 bits per heavy atom. The van der Waals surface area contributed by atoms with Gasteiger partial charge in [-0.3, -0.25) is 0 Å². The molecular weight excluding hydrogens is 270 g/mol. The van der Waals surface area contributed by atoms with E-state index in [1.165, 1.54) is 0 Å². The molecule has 1 aromatic carbocycles. The van der Waals surface area contributed by atoms with Crippen molar-refractivity contribution >= 4 is 23.0 Å². The van der Waals surface area contributed by atoms with E-state index in [2.05, 4.69) is 16.0 Å². The van der Waals surface area contributed by atoms with Crippen molar-refractivity contribution in [1.29, 1.82) is 0 Å². The maximum atomic E-state index is 5.76. The minimum atomic E-state index is 0.318. The first-order valence-corrected chi connectivity index (χ1v) is 6.87. The largest absolute Gasteiger partial charge is 0.491 e. The van der Waals surface area contributed by atoms with Crippen molar-refractivity contribution in [3.8, 4) is 5.75 Å². The van der Waals surface area contributed by atoms with E-state index in [-0.39, 0.29) is 0 Å². The van der Waals surface area contributed by atoms with Crippen LogP contribution in [0.3, 0.4) is 0 Å². The Hall–Kier alpha value is -2.14. The molecule has 1 aromatic heterocycles. The molecule has 0 atom stereocenters. The summed E-state index contributed by atoms with van der Waals surface area (Å²) in [5, 5.41) is 0. The smallest absolute Gasteiger partial charge is 0.129 e. The minimum Gasteiger partial charge on any atom is -0.491 e. The molecule has 102 valence electrons. The van der Waals surface area contributed by atoms with Gasteiger partial charge in [0.05, 0.1) is 12.2 Å². The fourth-order valence-electron chi connectivity index (χ4n) is 2.26. The molecule has 0 radical (unpaired) electrons. The van der Waals surface area contributed by atoms with Gasteiger partial charge in [-0.1, -0.05) is 36.5 Å². The fourth-order valence-corrected chi connectivity index (χ4v) is 2.37. The van der Waals surface area contributed by atoms with E-state index < -0.39 is 0 Å². The monoisotopic (exact) mass is 285 g/mol. The number of hydrogen-bond acceptors (Lipinski definition) is 4. The van der Waals surface area contributed by atoms with Crippen molar-refractivity contribution < 1.29 is 4.74 Å². The van der Waals surface area contributed by atoms with Crippen LogP contribution in [-0.2, 0) is 6.54 Å². The lowest BCUT2D eigenvalue weighted by Gasteiger charge is -2.21. The van der Waals surface area contributed by atoms with Crippen molar-refractivity contribution in [2.45, 2.75) is 6.54 Å². The first kappa shape index (κ1) is 12.9. The maximum Gasteiger partial charge on any atom is 0.129 e. The van der Waals surface area contributed by atoms with E-state index in [0.29, 0.717) is 17.3 Å². The van der Waals surface area contributed by atoms with E-state index in [0.717, 1.165) is 30.2 Å². The third-order valence-corrected chi connectivity index (χ3v) is 3.47. The Balaban J connectivity index is 1.91. The summed E-state index contributed by atoms with van der Waals surface area (Å²) in [7, 11) is 0. The lowest BCUT2D eigenvalue weighted by molar-refractivity contribution is 0.331. The topological polar surface area (TPSA) is 51.4 Å². The molecule has 4 nitrogen and oxygen atoms in total. The molecule has 0 aliphatic carbocycles. The number of anilines is 1. The van der Waals surface area contributed by atoms with Gasteiger partial charge < -0.3 is 15.4 Å². The molecule has 2 aromatic rings. The number of nitrogens with zero attached hydrogens (tertiary/aromatic N) is 2. The highest BCUT2D eigenvalue weighted by molar-refractivity contribution is 7.80. The molecule has 1 aliphatic rings. The van der Waals surface area contributed by atoms with Crippen LogP contribution in [0.1, 0.15) is 11.3 Å². The molecule has 20 heavy (non-hydrogen) atoms. The van der Waals surface area contributed by atoms with Crippen LogP contribution in [0.4, 0.5) is 5.82 Å². The second-order valence-corrected chi connectivity index (χ2v) is 5.06. The minimum absolute atomic E-state index is 0.318. The summed E-state index contributed by atoms with van der Waals surface area (Å²) in [4.78, 5) is 7.01. The second kappa shape index (κ2) is 5.46. The van der Waals surface area contributed by atoms with Gasteiger partial charge in [0.25, 0.3) is 0 Å². The van der Waals surface area contributed by atoms with Gasteiger partial charge in [0.15, 0.2) is 0 Å². The van der Waals surface area contributed by atoms with Gasteiger partial charge >= 0.3 is 0 Å². The van der Waals surface area contributed by atoms with E-state index in [1.807, 2.05) is 36.4 Å². The summed E-state index contributed by atoms with van der Waals surface area (Å²) >= 11 is 4.98. The first-order valence-electron chi connectivity index (χ1n) is 6.46. The van der Waals surface area contributed by atoms with Gasteiger partial charge in [0.1, 0.15) is 23.2 Å². The Morgan fingerprint density at radius 2 is 2.05 bits per heavy atom. The quantitative estimate of drug-likeness (QED) is 0.857. The van der Waals surface area contributed by atoms with Crippen LogP contribution >= 0.6 is 12.2 Å². The van der Waals surface area contributed by atoms with Gasteiger partial charge in [-0.05, 0) is 18.2 Å². The van der Waals surface area contributed by atoms with Gasteiger partial charge in [-0.2, -0.15) is 0 Å². The standard InChI is InChI=1S/C15H15N3OS/c16-15(20)12-5-3-7-14(17-12)18-8-9-19-13-6-2-1-4-11(13)10-18/h1-7H,8-10H2,(H2,16,20). The van der Waals surface area contributed by atoms with Crippen molar-refractivity contribution in [2.24, 2.45) is 5.73 Å². The summed E-state index contributed by atoms with van der Waals surface area (Å²) in [6, 6.07) is 13.8. The molecule has 0 spiro atoms. The summed E-state index contributed by atoms with van der Waals surface area (Å²) in [6.45, 7) is 2.18. The van der Waals surface area contributed by atoms with Crippen molar-refractivity contribution in [3.63, 3.8) is 0 Å². The highest BCUT2D eigenvalue weighted by atomic mass is 32.1. The highest BCUT2D eigenvalue weighted by Crippen LogP contribution is 2.25. The zero-order valence-corrected chi connectivity index (χ0v) is 11.8. The molecule has 0 amide bonds.